The molecule has 0 saturated heterocycles. The highest BCUT2D eigenvalue weighted by molar-refractivity contribution is 5.65. The summed E-state index contributed by atoms with van der Waals surface area (Å²) in [5.41, 5.74) is 1.32. The summed E-state index contributed by atoms with van der Waals surface area (Å²) in [6.07, 6.45) is 1.22. The Morgan fingerprint density at radius 3 is 3.00 bits per heavy atom. The summed E-state index contributed by atoms with van der Waals surface area (Å²) < 4.78 is 0. The van der Waals surface area contributed by atoms with Crippen molar-refractivity contribution in [3.8, 4) is 0 Å². The number of anilines is 1. The Morgan fingerprint density at radius 1 is 1.59 bits per heavy atom. The van der Waals surface area contributed by atoms with Gasteiger partial charge in [-0.2, -0.15) is 0 Å². The highest BCUT2D eigenvalue weighted by Crippen LogP contribution is 2.38. The molecule has 0 spiro atoms. The molecule has 2 atom stereocenters. The molecule has 0 bridgehead atoms. The molecule has 0 saturated carbocycles. The van der Waals surface area contributed by atoms with Gasteiger partial charge in [-0.1, -0.05) is 6.07 Å². The molecule has 6 nitrogen and oxygen atoms in total. The lowest BCUT2D eigenvalue weighted by Gasteiger charge is -2.30. The monoisotopic (exact) mass is 235 g/mol. The van der Waals surface area contributed by atoms with E-state index in [-0.39, 0.29) is 17.8 Å². The van der Waals surface area contributed by atoms with Crippen molar-refractivity contribution in [2.75, 3.05) is 5.32 Å². The molecule has 1 amide bonds. The van der Waals surface area contributed by atoms with Gasteiger partial charge in [-0.15, -0.1) is 0 Å². The number of fused-ring (bicyclic) bond motifs is 1. The van der Waals surface area contributed by atoms with Crippen LogP contribution in [0.4, 0.5) is 11.4 Å². The minimum Gasteiger partial charge on any atom is -0.382 e. The van der Waals surface area contributed by atoms with Crippen LogP contribution < -0.4 is 10.6 Å². The molecular weight excluding hydrogens is 222 g/mol. The number of nitrogens with zero attached hydrogens (tertiary/aromatic N) is 1. The molecule has 2 unspecified atom stereocenters. The first-order chi connectivity index (χ1) is 8.13. The van der Waals surface area contributed by atoms with E-state index in [1.54, 1.807) is 12.1 Å². The van der Waals surface area contributed by atoms with E-state index in [4.69, 9.17) is 0 Å². The lowest BCUT2D eigenvalue weighted by molar-refractivity contribution is -0.385. The number of benzene rings is 1. The van der Waals surface area contributed by atoms with Crippen LogP contribution in [-0.2, 0) is 4.79 Å². The van der Waals surface area contributed by atoms with E-state index in [1.807, 2.05) is 6.92 Å². The molecule has 1 aliphatic rings. The molecule has 1 aromatic rings. The van der Waals surface area contributed by atoms with Crippen molar-refractivity contribution in [3.63, 3.8) is 0 Å². The molecule has 0 aliphatic carbocycles. The zero-order valence-corrected chi connectivity index (χ0v) is 9.34. The van der Waals surface area contributed by atoms with Crippen molar-refractivity contribution in [1.82, 2.24) is 5.32 Å². The smallest absolute Gasteiger partial charge is 0.276 e. The fourth-order valence-corrected chi connectivity index (χ4v) is 2.23. The van der Waals surface area contributed by atoms with E-state index >= 15 is 0 Å². The second-order valence-electron chi connectivity index (χ2n) is 4.11. The van der Waals surface area contributed by atoms with Gasteiger partial charge in [0, 0.05) is 17.8 Å². The first-order valence-corrected chi connectivity index (χ1v) is 5.37. The molecular formula is C11H13N3O3. The van der Waals surface area contributed by atoms with E-state index in [0.29, 0.717) is 18.4 Å². The van der Waals surface area contributed by atoms with Crippen molar-refractivity contribution >= 4 is 17.8 Å². The maximum atomic E-state index is 11.0. The number of hydrogen-bond donors (Lipinski definition) is 2. The molecule has 0 fully saturated rings. The van der Waals surface area contributed by atoms with Gasteiger partial charge in [0.1, 0.15) is 0 Å². The Morgan fingerprint density at radius 2 is 2.35 bits per heavy atom. The van der Waals surface area contributed by atoms with E-state index in [9.17, 15) is 14.9 Å². The maximum absolute atomic E-state index is 11.0. The normalized spacial score (nSPS) is 22.2. The van der Waals surface area contributed by atoms with Gasteiger partial charge in [-0.3, -0.25) is 14.9 Å². The van der Waals surface area contributed by atoms with Gasteiger partial charge < -0.3 is 10.6 Å². The Labute approximate surface area is 98.2 Å². The number of carbonyl (C=O) groups is 1. The van der Waals surface area contributed by atoms with Crippen LogP contribution in [0.15, 0.2) is 18.2 Å². The number of nitro benzene ring substituents is 1. The maximum Gasteiger partial charge on any atom is 0.276 e. The van der Waals surface area contributed by atoms with Crippen molar-refractivity contribution in [2.24, 2.45) is 0 Å². The number of nitrogens with one attached hydrogen (secondary N) is 2. The molecule has 90 valence electrons. The number of hydrogen-bond acceptors (Lipinski definition) is 4. The van der Waals surface area contributed by atoms with Crippen LogP contribution in [0.5, 0.6) is 0 Å². The van der Waals surface area contributed by atoms with Gasteiger partial charge in [-0.25, -0.2) is 0 Å². The second-order valence-corrected chi connectivity index (χ2v) is 4.11. The Bertz CT molecular complexity index is 461. The number of rotatable bonds is 3. The average molecular weight is 235 g/mol. The molecule has 2 rings (SSSR count). The third-order valence-electron chi connectivity index (χ3n) is 2.89. The topological polar surface area (TPSA) is 84.3 Å². The van der Waals surface area contributed by atoms with Crippen LogP contribution in [0.3, 0.4) is 0 Å². The first-order valence-electron chi connectivity index (χ1n) is 5.37. The predicted molar refractivity (Wildman–Crippen MR) is 62.7 cm³/mol. The van der Waals surface area contributed by atoms with Gasteiger partial charge in [-0.05, 0) is 19.4 Å². The molecule has 2 N–H and O–H groups in total. The lowest BCUT2D eigenvalue weighted by Crippen LogP contribution is -2.33. The van der Waals surface area contributed by atoms with E-state index in [2.05, 4.69) is 10.6 Å². The summed E-state index contributed by atoms with van der Waals surface area (Å²) in [7, 11) is 0. The van der Waals surface area contributed by atoms with Gasteiger partial charge in [0.2, 0.25) is 6.41 Å². The van der Waals surface area contributed by atoms with Gasteiger partial charge in [0.15, 0.2) is 0 Å². The van der Waals surface area contributed by atoms with Crippen LogP contribution in [0.1, 0.15) is 24.9 Å². The molecule has 1 heterocycles. The van der Waals surface area contributed by atoms with E-state index in [1.165, 1.54) is 6.07 Å². The third kappa shape index (κ3) is 2.06. The third-order valence-corrected chi connectivity index (χ3v) is 2.89. The zero-order chi connectivity index (χ0) is 12.4. The Hall–Kier alpha value is -2.11. The molecule has 1 aliphatic heterocycles. The summed E-state index contributed by atoms with van der Waals surface area (Å²) >= 11 is 0. The van der Waals surface area contributed by atoms with Crippen LogP contribution in [0.2, 0.25) is 0 Å². The minimum absolute atomic E-state index is 0.0428. The van der Waals surface area contributed by atoms with Gasteiger partial charge >= 0.3 is 0 Å². The van der Waals surface area contributed by atoms with Crippen molar-refractivity contribution in [3.05, 3.63) is 33.9 Å². The van der Waals surface area contributed by atoms with Gasteiger partial charge in [0.05, 0.1) is 16.5 Å². The number of nitro groups is 1. The summed E-state index contributed by atoms with van der Waals surface area (Å²) in [6, 6.07) is 4.75. The molecule has 0 aromatic heterocycles. The standard InChI is InChI=1S/C11H13N3O3/c1-7-5-9(12-6-15)11-8(13-7)3-2-4-10(11)14(16)17/h2-4,6-7,9,13H,5H2,1H3,(H,12,15). The molecule has 6 heteroatoms. The van der Waals surface area contributed by atoms with E-state index < -0.39 is 4.92 Å². The Balaban J connectivity index is 2.51. The van der Waals surface area contributed by atoms with Crippen LogP contribution in [0, 0.1) is 10.1 Å². The van der Waals surface area contributed by atoms with E-state index in [0.717, 1.165) is 5.69 Å². The number of amides is 1. The lowest BCUT2D eigenvalue weighted by atomic mass is 9.92. The SMILES string of the molecule is CC1CC(NC=O)c2c(cccc2[N+](=O)[O-])N1. The van der Waals surface area contributed by atoms with Crippen molar-refractivity contribution < 1.29 is 9.72 Å². The Kier molecular flexibility index (Phi) is 2.95. The summed E-state index contributed by atoms with van der Waals surface area (Å²) in [5, 5.41) is 16.8. The largest absolute Gasteiger partial charge is 0.382 e. The number of carbonyl (C=O) groups excluding carboxylic acids is 1. The highest BCUT2D eigenvalue weighted by atomic mass is 16.6. The van der Waals surface area contributed by atoms with Crippen molar-refractivity contribution in [1.29, 1.82) is 0 Å². The minimum atomic E-state index is -0.421. The fourth-order valence-electron chi connectivity index (χ4n) is 2.23. The van der Waals surface area contributed by atoms with Crippen LogP contribution in [0.25, 0.3) is 0 Å². The summed E-state index contributed by atoms with van der Waals surface area (Å²) in [5.74, 6) is 0. The summed E-state index contributed by atoms with van der Waals surface area (Å²) in [4.78, 5) is 21.1. The second kappa shape index (κ2) is 4.40. The quantitative estimate of drug-likeness (QED) is 0.473. The molecule has 17 heavy (non-hydrogen) atoms. The fraction of sp³-hybridized carbons (Fsp3) is 0.364. The first kappa shape index (κ1) is 11.4. The van der Waals surface area contributed by atoms with Crippen LogP contribution >= 0.6 is 0 Å². The van der Waals surface area contributed by atoms with Crippen molar-refractivity contribution in [2.45, 2.75) is 25.4 Å². The zero-order valence-electron chi connectivity index (χ0n) is 9.34. The average Bonchev–Trinajstić information content (AvgIpc) is 2.28. The highest BCUT2D eigenvalue weighted by Gasteiger charge is 2.30. The molecule has 1 aromatic carbocycles. The summed E-state index contributed by atoms with van der Waals surface area (Å²) in [6.45, 7) is 1.97. The molecule has 0 radical (unpaired) electrons. The van der Waals surface area contributed by atoms with Crippen LogP contribution in [-0.4, -0.2) is 17.4 Å². The van der Waals surface area contributed by atoms with Gasteiger partial charge in [0.25, 0.3) is 5.69 Å². The predicted octanol–water partition coefficient (Wildman–Crippen LogP) is 1.59.